The Labute approximate surface area is 156 Å². The highest BCUT2D eigenvalue weighted by molar-refractivity contribution is 9.10. The minimum absolute atomic E-state index is 0.0276. The Morgan fingerprint density at radius 3 is 2.80 bits per heavy atom. The first-order chi connectivity index (χ1) is 12.2. The maximum atomic E-state index is 11.9. The number of rotatable bonds is 7. The number of aromatic nitrogens is 2. The second-order valence-corrected chi connectivity index (χ2v) is 7.14. The first-order valence-electron chi connectivity index (χ1n) is 8.74. The summed E-state index contributed by atoms with van der Waals surface area (Å²) in [5, 5.41) is 6.95. The molecule has 1 aliphatic rings. The van der Waals surface area contributed by atoms with Gasteiger partial charge in [0.05, 0.1) is 0 Å². The third-order valence-electron chi connectivity index (χ3n) is 4.29. The van der Waals surface area contributed by atoms with Crippen LogP contribution in [0.5, 0.6) is 0 Å². The predicted molar refractivity (Wildman–Crippen MR) is 99.9 cm³/mol. The van der Waals surface area contributed by atoms with E-state index in [2.05, 4.69) is 37.5 Å². The highest BCUT2D eigenvalue weighted by Crippen LogP contribution is 2.20. The molecule has 132 valence electrons. The maximum absolute atomic E-state index is 11.9. The number of nitrogens with zero attached hydrogens (tertiary/aromatic N) is 2. The lowest BCUT2D eigenvalue weighted by molar-refractivity contribution is -0.121. The van der Waals surface area contributed by atoms with Gasteiger partial charge in [-0.2, -0.15) is 4.98 Å². The van der Waals surface area contributed by atoms with Gasteiger partial charge in [0.2, 0.25) is 17.6 Å². The van der Waals surface area contributed by atoms with E-state index in [0.29, 0.717) is 31.1 Å². The summed E-state index contributed by atoms with van der Waals surface area (Å²) in [6.45, 7) is 0.707. The summed E-state index contributed by atoms with van der Waals surface area (Å²) in [6, 6.07) is 7.71. The van der Waals surface area contributed by atoms with Crippen LogP contribution in [0.4, 0.5) is 0 Å². The number of hydrogen-bond donors (Lipinski definition) is 1. The van der Waals surface area contributed by atoms with Crippen LogP contribution in [0.1, 0.15) is 44.4 Å². The Balaban J connectivity index is 1.41. The van der Waals surface area contributed by atoms with Crippen LogP contribution in [0.3, 0.4) is 0 Å². The third-order valence-corrected chi connectivity index (χ3v) is 4.82. The van der Waals surface area contributed by atoms with Crippen molar-refractivity contribution < 1.29 is 9.32 Å². The van der Waals surface area contributed by atoms with Crippen molar-refractivity contribution >= 4 is 21.8 Å². The van der Waals surface area contributed by atoms with E-state index in [-0.39, 0.29) is 5.91 Å². The Bertz CT molecular complexity index is 737. The van der Waals surface area contributed by atoms with Crippen LogP contribution in [0, 0.1) is 0 Å². The molecule has 0 fully saturated rings. The minimum Gasteiger partial charge on any atom is -0.356 e. The first kappa shape index (κ1) is 17.9. The Hall–Kier alpha value is -1.95. The van der Waals surface area contributed by atoms with Crippen LogP contribution in [0.2, 0.25) is 0 Å². The molecule has 0 unspecified atom stereocenters. The molecular weight excluding hydrogens is 382 g/mol. The van der Waals surface area contributed by atoms with Gasteiger partial charge in [0.25, 0.3) is 0 Å². The molecular formula is C19H22BrN3O2. The zero-order valence-electron chi connectivity index (χ0n) is 14.1. The fourth-order valence-corrected chi connectivity index (χ4v) is 3.14. The fourth-order valence-electron chi connectivity index (χ4n) is 2.88. The van der Waals surface area contributed by atoms with Crippen molar-refractivity contribution in [2.24, 2.45) is 0 Å². The SMILES string of the molecule is O=C(CCc1nc(-c2ccc(Br)cc2)no1)NCCC1=CCCCC1. The van der Waals surface area contributed by atoms with Gasteiger partial charge < -0.3 is 9.84 Å². The molecule has 1 heterocycles. The number of halogens is 1. The van der Waals surface area contributed by atoms with E-state index in [1.54, 1.807) is 0 Å². The molecule has 2 aromatic rings. The van der Waals surface area contributed by atoms with Gasteiger partial charge in [0.15, 0.2) is 0 Å². The smallest absolute Gasteiger partial charge is 0.227 e. The van der Waals surface area contributed by atoms with E-state index in [9.17, 15) is 4.79 Å². The monoisotopic (exact) mass is 403 g/mol. The zero-order chi connectivity index (χ0) is 17.5. The number of carbonyl (C=O) groups excluding carboxylic acids is 1. The highest BCUT2D eigenvalue weighted by atomic mass is 79.9. The van der Waals surface area contributed by atoms with Gasteiger partial charge in [-0.05, 0) is 56.4 Å². The van der Waals surface area contributed by atoms with E-state index >= 15 is 0 Å². The molecule has 1 amide bonds. The van der Waals surface area contributed by atoms with Crippen molar-refractivity contribution in [3.8, 4) is 11.4 Å². The van der Waals surface area contributed by atoms with Crippen molar-refractivity contribution in [1.29, 1.82) is 0 Å². The topological polar surface area (TPSA) is 68.0 Å². The molecule has 0 saturated heterocycles. The Morgan fingerprint density at radius 2 is 2.04 bits per heavy atom. The molecule has 1 aliphatic carbocycles. The second kappa shape index (κ2) is 8.94. The van der Waals surface area contributed by atoms with Gasteiger partial charge >= 0.3 is 0 Å². The second-order valence-electron chi connectivity index (χ2n) is 6.23. The normalized spacial score (nSPS) is 14.2. The Kier molecular flexibility index (Phi) is 6.39. The zero-order valence-corrected chi connectivity index (χ0v) is 15.7. The minimum atomic E-state index is 0.0276. The van der Waals surface area contributed by atoms with Crippen LogP contribution >= 0.6 is 15.9 Å². The fraction of sp³-hybridized carbons (Fsp3) is 0.421. The molecule has 0 bridgehead atoms. The van der Waals surface area contributed by atoms with E-state index in [1.165, 1.54) is 31.3 Å². The summed E-state index contributed by atoms with van der Waals surface area (Å²) < 4.78 is 6.24. The molecule has 0 radical (unpaired) electrons. The van der Waals surface area contributed by atoms with Crippen molar-refractivity contribution in [2.75, 3.05) is 6.54 Å². The van der Waals surface area contributed by atoms with Crippen LogP contribution in [-0.2, 0) is 11.2 Å². The summed E-state index contributed by atoms with van der Waals surface area (Å²) in [7, 11) is 0. The maximum Gasteiger partial charge on any atom is 0.227 e. The molecule has 3 rings (SSSR count). The lowest BCUT2D eigenvalue weighted by Crippen LogP contribution is -2.25. The number of hydrogen-bond acceptors (Lipinski definition) is 4. The number of aryl methyl sites for hydroxylation is 1. The quantitative estimate of drug-likeness (QED) is 0.693. The molecule has 25 heavy (non-hydrogen) atoms. The first-order valence-corrected chi connectivity index (χ1v) is 9.53. The predicted octanol–water partition coefficient (Wildman–Crippen LogP) is 4.44. The number of nitrogens with one attached hydrogen (secondary N) is 1. The van der Waals surface area contributed by atoms with E-state index in [0.717, 1.165) is 16.5 Å². The van der Waals surface area contributed by atoms with Crippen LogP contribution in [0.25, 0.3) is 11.4 Å². The van der Waals surface area contributed by atoms with Gasteiger partial charge in [0.1, 0.15) is 0 Å². The van der Waals surface area contributed by atoms with Crippen molar-refractivity contribution in [1.82, 2.24) is 15.5 Å². The molecule has 0 atom stereocenters. The van der Waals surface area contributed by atoms with Crippen molar-refractivity contribution in [2.45, 2.75) is 44.9 Å². The summed E-state index contributed by atoms with van der Waals surface area (Å²) in [5.41, 5.74) is 2.37. The van der Waals surface area contributed by atoms with E-state index in [4.69, 9.17) is 4.52 Å². The van der Waals surface area contributed by atoms with Crippen LogP contribution < -0.4 is 5.32 Å². The summed E-state index contributed by atoms with van der Waals surface area (Å²) in [4.78, 5) is 16.3. The van der Waals surface area contributed by atoms with Crippen molar-refractivity contribution in [3.63, 3.8) is 0 Å². The molecule has 1 aromatic carbocycles. The van der Waals surface area contributed by atoms with Gasteiger partial charge in [-0.25, -0.2) is 0 Å². The lowest BCUT2D eigenvalue weighted by Gasteiger charge is -2.12. The number of amides is 1. The summed E-state index contributed by atoms with van der Waals surface area (Å²) in [6.07, 6.45) is 9.02. The van der Waals surface area contributed by atoms with Crippen LogP contribution in [0.15, 0.2) is 44.9 Å². The van der Waals surface area contributed by atoms with E-state index < -0.39 is 0 Å². The van der Waals surface area contributed by atoms with E-state index in [1.807, 2.05) is 24.3 Å². The number of benzene rings is 1. The van der Waals surface area contributed by atoms with Gasteiger partial charge in [-0.1, -0.05) is 32.7 Å². The molecule has 1 aromatic heterocycles. The Morgan fingerprint density at radius 1 is 1.20 bits per heavy atom. The third kappa shape index (κ3) is 5.53. The standard InChI is InChI=1S/C19H22BrN3O2/c20-16-8-6-15(7-9-16)19-22-18(25-23-19)11-10-17(24)21-13-12-14-4-2-1-3-5-14/h4,6-9H,1-3,5,10-13H2,(H,21,24). The van der Waals surface area contributed by atoms with Gasteiger partial charge in [-0.15, -0.1) is 0 Å². The number of carbonyl (C=O) groups is 1. The molecule has 0 saturated carbocycles. The lowest BCUT2D eigenvalue weighted by atomic mass is 9.97. The largest absolute Gasteiger partial charge is 0.356 e. The summed E-state index contributed by atoms with van der Waals surface area (Å²) in [5.74, 6) is 1.06. The summed E-state index contributed by atoms with van der Waals surface area (Å²) >= 11 is 3.40. The average Bonchev–Trinajstić information content (AvgIpc) is 3.10. The van der Waals surface area contributed by atoms with Gasteiger partial charge in [-0.3, -0.25) is 4.79 Å². The molecule has 1 N–H and O–H groups in total. The molecule has 6 heteroatoms. The average molecular weight is 404 g/mol. The van der Waals surface area contributed by atoms with Crippen LogP contribution in [-0.4, -0.2) is 22.6 Å². The number of allylic oxidation sites excluding steroid dienone is 1. The van der Waals surface area contributed by atoms with Gasteiger partial charge in [0, 0.05) is 29.4 Å². The molecule has 5 nitrogen and oxygen atoms in total. The molecule has 0 aliphatic heterocycles. The highest BCUT2D eigenvalue weighted by Gasteiger charge is 2.11. The van der Waals surface area contributed by atoms with Crippen molar-refractivity contribution in [3.05, 3.63) is 46.3 Å². The molecule has 0 spiro atoms.